The first kappa shape index (κ1) is 16.6. The number of hydrogen-bond donors (Lipinski definition) is 2. The van der Waals surface area contributed by atoms with Crippen molar-refractivity contribution in [2.24, 2.45) is 0 Å². The van der Waals surface area contributed by atoms with Crippen molar-refractivity contribution in [2.45, 2.75) is 6.92 Å². The zero-order chi connectivity index (χ0) is 17.3. The second-order valence-corrected chi connectivity index (χ2v) is 6.55. The fourth-order valence-electron chi connectivity index (χ4n) is 2.26. The molecule has 1 heterocycles. The van der Waals surface area contributed by atoms with Gasteiger partial charge in [-0.1, -0.05) is 45.7 Å². The van der Waals surface area contributed by atoms with Gasteiger partial charge in [0, 0.05) is 15.1 Å². The molecule has 4 nitrogen and oxygen atoms in total. The molecule has 2 aromatic carbocycles. The summed E-state index contributed by atoms with van der Waals surface area (Å²) in [4.78, 5) is 12.4. The van der Waals surface area contributed by atoms with Crippen LogP contribution in [0.3, 0.4) is 0 Å². The molecule has 0 saturated carbocycles. The largest absolute Gasteiger partial charge is 0.451 e. The number of halogens is 2. The summed E-state index contributed by atoms with van der Waals surface area (Å²) in [6.07, 6.45) is 0. The van der Waals surface area contributed by atoms with Crippen LogP contribution in [0.15, 0.2) is 57.4 Å². The lowest BCUT2D eigenvalue weighted by Gasteiger charge is -2.09. The van der Waals surface area contributed by atoms with Gasteiger partial charge in [0.2, 0.25) is 0 Å². The topological polar surface area (TPSA) is 68.3 Å². The normalized spacial score (nSPS) is 10.6. The van der Waals surface area contributed by atoms with Gasteiger partial charge in [0.25, 0.3) is 5.91 Å². The van der Waals surface area contributed by atoms with Crippen LogP contribution >= 0.6 is 27.5 Å². The van der Waals surface area contributed by atoms with E-state index < -0.39 is 0 Å². The van der Waals surface area contributed by atoms with Crippen molar-refractivity contribution in [1.29, 1.82) is 0 Å². The van der Waals surface area contributed by atoms with E-state index in [1.54, 1.807) is 24.3 Å². The molecule has 3 rings (SSSR count). The number of anilines is 2. The predicted molar refractivity (Wildman–Crippen MR) is 100 cm³/mol. The molecule has 122 valence electrons. The maximum atomic E-state index is 12.4. The van der Waals surface area contributed by atoms with Gasteiger partial charge in [-0.05, 0) is 42.8 Å². The van der Waals surface area contributed by atoms with Gasteiger partial charge in [-0.2, -0.15) is 0 Å². The lowest BCUT2D eigenvalue weighted by Crippen LogP contribution is -2.12. The minimum absolute atomic E-state index is 0.192. The van der Waals surface area contributed by atoms with Gasteiger partial charge in [-0.15, -0.1) is 0 Å². The molecule has 6 heteroatoms. The summed E-state index contributed by atoms with van der Waals surface area (Å²) in [5.74, 6) is 0.402. The van der Waals surface area contributed by atoms with Crippen LogP contribution in [0.25, 0.3) is 11.3 Å². The lowest BCUT2D eigenvalue weighted by molar-refractivity contribution is 0.0997. The SMILES string of the molecule is Cc1cc(N)c(NC(=O)c2ccc(-c3ccccc3Br)o2)cc1Cl. The van der Waals surface area contributed by atoms with Gasteiger partial charge < -0.3 is 15.5 Å². The first-order chi connectivity index (χ1) is 11.5. The van der Waals surface area contributed by atoms with Crippen LogP contribution in [-0.4, -0.2) is 5.91 Å². The number of carbonyl (C=O) groups excluding carboxylic acids is 1. The molecule has 0 saturated heterocycles. The summed E-state index contributed by atoms with van der Waals surface area (Å²) < 4.78 is 6.55. The van der Waals surface area contributed by atoms with E-state index in [9.17, 15) is 4.79 Å². The van der Waals surface area contributed by atoms with Gasteiger partial charge in [-0.3, -0.25) is 4.79 Å². The monoisotopic (exact) mass is 404 g/mol. The number of nitrogen functional groups attached to an aromatic ring is 1. The minimum Gasteiger partial charge on any atom is -0.451 e. The number of benzene rings is 2. The van der Waals surface area contributed by atoms with Crippen molar-refractivity contribution in [3.63, 3.8) is 0 Å². The Labute approximate surface area is 152 Å². The van der Waals surface area contributed by atoms with E-state index in [2.05, 4.69) is 21.2 Å². The van der Waals surface area contributed by atoms with E-state index in [0.29, 0.717) is 22.2 Å². The number of amides is 1. The third-order valence-electron chi connectivity index (χ3n) is 3.55. The molecule has 0 atom stereocenters. The van der Waals surface area contributed by atoms with Crippen molar-refractivity contribution < 1.29 is 9.21 Å². The quantitative estimate of drug-likeness (QED) is 0.565. The number of aryl methyl sites for hydroxylation is 1. The van der Waals surface area contributed by atoms with Gasteiger partial charge in [-0.25, -0.2) is 0 Å². The van der Waals surface area contributed by atoms with Crippen molar-refractivity contribution in [2.75, 3.05) is 11.1 Å². The third-order valence-corrected chi connectivity index (χ3v) is 4.65. The van der Waals surface area contributed by atoms with Crippen LogP contribution in [-0.2, 0) is 0 Å². The van der Waals surface area contributed by atoms with Gasteiger partial charge in [0.15, 0.2) is 5.76 Å². The summed E-state index contributed by atoms with van der Waals surface area (Å²) in [7, 11) is 0. The summed E-state index contributed by atoms with van der Waals surface area (Å²) in [5, 5.41) is 3.26. The molecule has 24 heavy (non-hydrogen) atoms. The summed E-state index contributed by atoms with van der Waals surface area (Å²) in [6, 6.07) is 14.3. The van der Waals surface area contributed by atoms with Crippen molar-refractivity contribution >= 4 is 44.8 Å². The molecule has 0 fully saturated rings. The van der Waals surface area contributed by atoms with E-state index >= 15 is 0 Å². The second kappa shape index (κ2) is 6.71. The molecule has 0 unspecified atom stereocenters. The molecule has 0 radical (unpaired) electrons. The molecule has 0 aliphatic carbocycles. The number of nitrogens with two attached hydrogens (primary N) is 1. The van der Waals surface area contributed by atoms with Crippen LogP contribution in [0.1, 0.15) is 16.1 Å². The second-order valence-electron chi connectivity index (χ2n) is 5.29. The number of furan rings is 1. The minimum atomic E-state index is -0.389. The van der Waals surface area contributed by atoms with Crippen LogP contribution in [0.2, 0.25) is 5.02 Å². The van der Waals surface area contributed by atoms with E-state index in [1.807, 2.05) is 31.2 Å². The van der Waals surface area contributed by atoms with E-state index in [0.717, 1.165) is 15.6 Å². The standard InChI is InChI=1S/C18H14BrClN2O2/c1-10-8-14(21)15(9-13(10)20)22-18(23)17-7-6-16(24-17)11-4-2-3-5-12(11)19/h2-9H,21H2,1H3,(H,22,23). The Morgan fingerprint density at radius 3 is 2.71 bits per heavy atom. The molecule has 0 spiro atoms. The van der Waals surface area contributed by atoms with Gasteiger partial charge in [0.05, 0.1) is 11.4 Å². The Balaban J connectivity index is 1.85. The molecule has 1 aromatic heterocycles. The molecule has 0 bridgehead atoms. The van der Waals surface area contributed by atoms with Crippen LogP contribution < -0.4 is 11.1 Å². The van der Waals surface area contributed by atoms with Crippen molar-refractivity contribution in [3.8, 4) is 11.3 Å². The Hall–Kier alpha value is -2.24. The average Bonchev–Trinajstić information content (AvgIpc) is 3.03. The van der Waals surface area contributed by atoms with Gasteiger partial charge >= 0.3 is 0 Å². The Bertz CT molecular complexity index is 921. The fraction of sp³-hybridized carbons (Fsp3) is 0.0556. The summed E-state index contributed by atoms with van der Waals surface area (Å²) >= 11 is 9.55. The summed E-state index contributed by atoms with van der Waals surface area (Å²) in [5.41, 5.74) is 8.54. The first-order valence-corrected chi connectivity index (χ1v) is 8.34. The zero-order valence-electron chi connectivity index (χ0n) is 12.8. The lowest BCUT2D eigenvalue weighted by atomic mass is 10.2. The van der Waals surface area contributed by atoms with E-state index in [-0.39, 0.29) is 11.7 Å². The Morgan fingerprint density at radius 2 is 1.96 bits per heavy atom. The molecule has 1 amide bonds. The molecule has 0 aliphatic rings. The highest BCUT2D eigenvalue weighted by molar-refractivity contribution is 9.10. The van der Waals surface area contributed by atoms with E-state index in [4.69, 9.17) is 21.8 Å². The van der Waals surface area contributed by atoms with Crippen LogP contribution in [0.5, 0.6) is 0 Å². The molecular weight excluding hydrogens is 392 g/mol. The number of rotatable bonds is 3. The fourth-order valence-corrected chi connectivity index (χ4v) is 2.91. The van der Waals surface area contributed by atoms with Crippen LogP contribution in [0, 0.1) is 6.92 Å². The predicted octanol–water partition coefficient (Wildman–Crippen LogP) is 5.51. The molecule has 3 N–H and O–H groups in total. The third kappa shape index (κ3) is 3.32. The maximum Gasteiger partial charge on any atom is 0.291 e. The smallest absolute Gasteiger partial charge is 0.291 e. The Morgan fingerprint density at radius 1 is 1.21 bits per heavy atom. The Kier molecular flexibility index (Phi) is 4.64. The van der Waals surface area contributed by atoms with E-state index in [1.165, 1.54) is 0 Å². The average molecular weight is 406 g/mol. The number of hydrogen-bond acceptors (Lipinski definition) is 3. The van der Waals surface area contributed by atoms with Gasteiger partial charge in [0.1, 0.15) is 5.76 Å². The van der Waals surface area contributed by atoms with Crippen molar-refractivity contribution in [3.05, 3.63) is 69.3 Å². The van der Waals surface area contributed by atoms with Crippen molar-refractivity contribution in [1.82, 2.24) is 0 Å². The highest BCUT2D eigenvalue weighted by Gasteiger charge is 2.15. The summed E-state index contributed by atoms with van der Waals surface area (Å²) in [6.45, 7) is 1.85. The number of nitrogens with one attached hydrogen (secondary N) is 1. The molecule has 3 aromatic rings. The first-order valence-electron chi connectivity index (χ1n) is 7.17. The number of carbonyl (C=O) groups is 1. The zero-order valence-corrected chi connectivity index (χ0v) is 15.1. The highest BCUT2D eigenvalue weighted by atomic mass is 79.9. The highest BCUT2D eigenvalue weighted by Crippen LogP contribution is 2.30. The van der Waals surface area contributed by atoms with Crippen LogP contribution in [0.4, 0.5) is 11.4 Å². The maximum absolute atomic E-state index is 12.4. The molecular formula is C18H14BrClN2O2. The molecule has 0 aliphatic heterocycles.